The summed E-state index contributed by atoms with van der Waals surface area (Å²) in [6.07, 6.45) is 0.172. The highest BCUT2D eigenvalue weighted by atomic mass is 19.3. The van der Waals surface area contributed by atoms with Gasteiger partial charge in [-0.1, -0.05) is 0 Å². The molecule has 2 unspecified atom stereocenters. The number of hydrogen-bond acceptors (Lipinski definition) is 6. The Morgan fingerprint density at radius 2 is 2.03 bits per heavy atom. The quantitative estimate of drug-likeness (QED) is 0.683. The number of alkyl halides is 2. The minimum absolute atomic E-state index is 0.185. The van der Waals surface area contributed by atoms with Crippen molar-refractivity contribution in [2.75, 3.05) is 18.0 Å². The standard InChI is InChI=1S/C20H19F2N7O2/c1-11-8-28(20(30)31)12(2)7-27(11)18-16-14(17(21)22)9-29(19(16)26-10-25-18)15-5-13(6-23)3-4-24-15/h3-5,9-12,17H,7-8H2,1-2H3,(H,30,31). The van der Waals surface area contributed by atoms with E-state index in [0.29, 0.717) is 17.9 Å². The first-order valence-corrected chi connectivity index (χ1v) is 9.58. The number of nitriles is 1. The third-order valence-electron chi connectivity index (χ3n) is 5.45. The number of rotatable bonds is 3. The van der Waals surface area contributed by atoms with Crippen molar-refractivity contribution < 1.29 is 18.7 Å². The molecule has 1 fully saturated rings. The predicted octanol–water partition coefficient (Wildman–Crippen LogP) is 3.20. The van der Waals surface area contributed by atoms with Crippen molar-refractivity contribution in [2.24, 2.45) is 0 Å². The van der Waals surface area contributed by atoms with Crippen LogP contribution >= 0.6 is 0 Å². The van der Waals surface area contributed by atoms with Crippen LogP contribution in [-0.2, 0) is 0 Å². The van der Waals surface area contributed by atoms with Crippen LogP contribution in [0.15, 0.2) is 30.9 Å². The summed E-state index contributed by atoms with van der Waals surface area (Å²) >= 11 is 0. The van der Waals surface area contributed by atoms with Gasteiger partial charge in [0, 0.05) is 43.1 Å². The van der Waals surface area contributed by atoms with Crippen LogP contribution in [-0.4, -0.2) is 60.8 Å². The van der Waals surface area contributed by atoms with Crippen LogP contribution in [0, 0.1) is 11.3 Å². The molecule has 1 amide bonds. The maximum atomic E-state index is 14.0. The Balaban J connectivity index is 1.87. The van der Waals surface area contributed by atoms with Crippen LogP contribution in [0.4, 0.5) is 19.4 Å². The zero-order valence-corrected chi connectivity index (χ0v) is 16.8. The number of amides is 1. The number of halogens is 2. The Bertz CT molecular complexity index is 1190. The number of carboxylic acid groups (broad SMARTS) is 1. The van der Waals surface area contributed by atoms with E-state index in [1.54, 1.807) is 6.92 Å². The van der Waals surface area contributed by atoms with Crippen LogP contribution in [0.3, 0.4) is 0 Å². The molecule has 4 rings (SSSR count). The van der Waals surface area contributed by atoms with Crippen molar-refractivity contribution >= 4 is 22.9 Å². The molecule has 0 radical (unpaired) electrons. The van der Waals surface area contributed by atoms with Gasteiger partial charge >= 0.3 is 6.09 Å². The lowest BCUT2D eigenvalue weighted by Crippen LogP contribution is -2.58. The van der Waals surface area contributed by atoms with Gasteiger partial charge < -0.3 is 14.9 Å². The second-order valence-corrected chi connectivity index (χ2v) is 7.45. The van der Waals surface area contributed by atoms with Gasteiger partial charge in [0.15, 0.2) is 5.65 Å². The van der Waals surface area contributed by atoms with Crippen LogP contribution in [0.2, 0.25) is 0 Å². The number of pyridine rings is 1. The molecule has 0 aromatic carbocycles. The van der Waals surface area contributed by atoms with Crippen LogP contribution < -0.4 is 4.90 Å². The van der Waals surface area contributed by atoms with Crippen molar-refractivity contribution in [3.05, 3.63) is 42.0 Å². The minimum atomic E-state index is -2.79. The van der Waals surface area contributed by atoms with Gasteiger partial charge in [0.1, 0.15) is 18.0 Å². The van der Waals surface area contributed by atoms with E-state index in [2.05, 4.69) is 15.0 Å². The summed E-state index contributed by atoms with van der Waals surface area (Å²) in [4.78, 5) is 27.4. The molecule has 160 valence electrons. The van der Waals surface area contributed by atoms with Crippen molar-refractivity contribution in [2.45, 2.75) is 32.4 Å². The van der Waals surface area contributed by atoms with Gasteiger partial charge in [-0.2, -0.15) is 5.26 Å². The topological polar surface area (TPSA) is 111 Å². The molecule has 1 aliphatic heterocycles. The molecule has 0 saturated carbocycles. The molecule has 3 aromatic rings. The summed E-state index contributed by atoms with van der Waals surface area (Å²) in [5, 5.41) is 18.7. The second-order valence-electron chi connectivity index (χ2n) is 7.45. The fraction of sp³-hybridized carbons (Fsp3) is 0.350. The number of piperazine rings is 1. The molecule has 0 aliphatic carbocycles. The largest absolute Gasteiger partial charge is 0.465 e. The highest BCUT2D eigenvalue weighted by Gasteiger charge is 2.35. The lowest BCUT2D eigenvalue weighted by atomic mass is 10.1. The number of carbonyl (C=O) groups is 1. The maximum Gasteiger partial charge on any atom is 0.407 e. The molecule has 2 atom stereocenters. The summed E-state index contributed by atoms with van der Waals surface area (Å²) in [6, 6.07) is 4.40. The third kappa shape index (κ3) is 3.50. The molecule has 1 N–H and O–H groups in total. The van der Waals surface area contributed by atoms with Crippen LogP contribution in [0.1, 0.15) is 31.4 Å². The van der Waals surface area contributed by atoms with Crippen LogP contribution in [0.25, 0.3) is 16.9 Å². The van der Waals surface area contributed by atoms with E-state index < -0.39 is 12.5 Å². The zero-order chi connectivity index (χ0) is 22.3. The van der Waals surface area contributed by atoms with Gasteiger partial charge in [0.2, 0.25) is 0 Å². The van der Waals surface area contributed by atoms with Crippen molar-refractivity contribution in [3.63, 3.8) is 0 Å². The predicted molar refractivity (Wildman–Crippen MR) is 107 cm³/mol. The Labute approximate surface area is 176 Å². The lowest BCUT2D eigenvalue weighted by Gasteiger charge is -2.43. The van der Waals surface area contributed by atoms with Gasteiger partial charge in [0.25, 0.3) is 6.43 Å². The number of aromatic nitrogens is 4. The first kappa shape index (κ1) is 20.5. The molecule has 1 aliphatic rings. The monoisotopic (exact) mass is 427 g/mol. The highest BCUT2D eigenvalue weighted by molar-refractivity contribution is 5.93. The Morgan fingerprint density at radius 1 is 1.26 bits per heavy atom. The molecule has 9 nitrogen and oxygen atoms in total. The summed E-state index contributed by atoms with van der Waals surface area (Å²) in [6.45, 7) is 4.11. The van der Waals surface area contributed by atoms with Crippen molar-refractivity contribution in [1.29, 1.82) is 5.26 Å². The number of anilines is 1. The third-order valence-corrected chi connectivity index (χ3v) is 5.45. The normalized spacial score (nSPS) is 19.1. The van der Waals surface area contributed by atoms with E-state index in [1.165, 1.54) is 40.3 Å². The number of fused-ring (bicyclic) bond motifs is 1. The fourth-order valence-electron chi connectivity index (χ4n) is 3.94. The van der Waals surface area contributed by atoms with E-state index in [4.69, 9.17) is 5.26 Å². The first-order chi connectivity index (χ1) is 14.8. The Kier molecular flexibility index (Phi) is 5.14. The zero-order valence-electron chi connectivity index (χ0n) is 16.8. The molecule has 4 heterocycles. The minimum Gasteiger partial charge on any atom is -0.465 e. The average Bonchev–Trinajstić information content (AvgIpc) is 3.15. The summed E-state index contributed by atoms with van der Waals surface area (Å²) < 4.78 is 29.4. The lowest BCUT2D eigenvalue weighted by molar-refractivity contribution is 0.114. The summed E-state index contributed by atoms with van der Waals surface area (Å²) in [5.41, 5.74) is 0.325. The van der Waals surface area contributed by atoms with E-state index in [-0.39, 0.29) is 41.0 Å². The van der Waals surface area contributed by atoms with Gasteiger partial charge in [-0.05, 0) is 26.0 Å². The van der Waals surface area contributed by atoms with Gasteiger partial charge in [0.05, 0.1) is 17.0 Å². The number of nitrogens with zero attached hydrogens (tertiary/aromatic N) is 7. The smallest absolute Gasteiger partial charge is 0.407 e. The second kappa shape index (κ2) is 7.79. The van der Waals surface area contributed by atoms with Crippen LogP contribution in [0.5, 0.6) is 0 Å². The van der Waals surface area contributed by atoms with E-state index in [1.807, 2.05) is 17.9 Å². The van der Waals surface area contributed by atoms with E-state index in [0.717, 1.165) is 0 Å². The van der Waals surface area contributed by atoms with Crippen molar-refractivity contribution in [3.8, 4) is 11.9 Å². The highest BCUT2D eigenvalue weighted by Crippen LogP contribution is 2.37. The average molecular weight is 427 g/mol. The van der Waals surface area contributed by atoms with Crippen molar-refractivity contribution in [1.82, 2.24) is 24.4 Å². The first-order valence-electron chi connectivity index (χ1n) is 9.58. The molecule has 0 bridgehead atoms. The maximum absolute atomic E-state index is 14.0. The van der Waals surface area contributed by atoms with E-state index >= 15 is 0 Å². The SMILES string of the molecule is CC1CN(c2ncnc3c2c(C(F)F)cn3-c2cc(C#N)ccn2)C(C)CN1C(=O)O. The molecule has 31 heavy (non-hydrogen) atoms. The van der Waals surface area contributed by atoms with Gasteiger partial charge in [-0.25, -0.2) is 28.5 Å². The molecular formula is C20H19F2N7O2. The van der Waals surface area contributed by atoms with E-state index in [9.17, 15) is 18.7 Å². The molecule has 1 saturated heterocycles. The number of hydrogen-bond donors (Lipinski definition) is 1. The Morgan fingerprint density at radius 3 is 2.71 bits per heavy atom. The molecular weight excluding hydrogens is 408 g/mol. The van der Waals surface area contributed by atoms with Gasteiger partial charge in [-0.15, -0.1) is 0 Å². The molecule has 0 spiro atoms. The van der Waals surface area contributed by atoms with Gasteiger partial charge in [-0.3, -0.25) is 4.57 Å². The summed E-state index contributed by atoms with van der Waals surface area (Å²) in [5.74, 6) is 0.609. The summed E-state index contributed by atoms with van der Waals surface area (Å²) in [7, 11) is 0. The Hall–Kier alpha value is -3.81. The molecule has 3 aromatic heterocycles. The fourth-order valence-corrected chi connectivity index (χ4v) is 3.94. The molecule has 11 heteroatoms.